The fourth-order valence-electron chi connectivity index (χ4n) is 2.76. The second-order valence-corrected chi connectivity index (χ2v) is 5.66. The minimum absolute atomic E-state index is 0. The van der Waals surface area contributed by atoms with Gasteiger partial charge in [-0.1, -0.05) is 60.7 Å². The van der Waals surface area contributed by atoms with Crippen molar-refractivity contribution in [2.75, 3.05) is 13.7 Å². The number of benzene rings is 2. The number of carbonyl (C=O) groups is 1. The van der Waals surface area contributed by atoms with Gasteiger partial charge >= 0.3 is 0 Å². The van der Waals surface area contributed by atoms with Gasteiger partial charge in [0, 0.05) is 19.1 Å². The molecule has 0 heterocycles. The first-order valence-electron chi connectivity index (χ1n) is 7.78. The molecule has 4 nitrogen and oxygen atoms in total. The smallest absolute Gasteiger partial charge is 0.239 e. The third-order valence-corrected chi connectivity index (χ3v) is 3.87. The Bertz CT molecular complexity index is 568. The van der Waals surface area contributed by atoms with Gasteiger partial charge < -0.3 is 15.8 Å². The lowest BCUT2D eigenvalue weighted by Gasteiger charge is -2.27. The molecule has 2 aromatic carbocycles. The number of nitrogens with two attached hydrogens (primary N) is 1. The standard InChI is InChI=1S/C19H24N2O2.ClH/c1-14(21-19(22)17(20)13-23-2)18(15-9-5-3-6-10-15)16-11-7-4-8-12-16;/h3-12,14,17-18H,13,20H2,1-2H3,(H,21,22);1H. The van der Waals surface area contributed by atoms with Crippen molar-refractivity contribution in [1.29, 1.82) is 0 Å². The van der Waals surface area contributed by atoms with Crippen LogP contribution in [-0.2, 0) is 9.53 Å². The molecule has 0 bridgehead atoms. The summed E-state index contributed by atoms with van der Waals surface area (Å²) in [5.74, 6) is -0.132. The number of hydrogen-bond donors (Lipinski definition) is 2. The third kappa shape index (κ3) is 5.34. The number of ether oxygens (including phenoxy) is 1. The molecule has 24 heavy (non-hydrogen) atoms. The van der Waals surface area contributed by atoms with Gasteiger partial charge in [-0.2, -0.15) is 0 Å². The Labute approximate surface area is 149 Å². The van der Waals surface area contributed by atoms with Crippen LogP contribution in [0.5, 0.6) is 0 Å². The Morgan fingerprint density at radius 2 is 1.50 bits per heavy atom. The predicted octanol–water partition coefficient (Wildman–Crippen LogP) is 2.72. The van der Waals surface area contributed by atoms with Crippen molar-refractivity contribution in [3.8, 4) is 0 Å². The Kier molecular flexibility index (Phi) is 8.47. The van der Waals surface area contributed by atoms with Crippen molar-refractivity contribution in [2.45, 2.75) is 24.9 Å². The quantitative estimate of drug-likeness (QED) is 0.808. The van der Waals surface area contributed by atoms with Crippen LogP contribution in [0.3, 0.4) is 0 Å². The fraction of sp³-hybridized carbons (Fsp3) is 0.316. The van der Waals surface area contributed by atoms with Crippen LogP contribution in [-0.4, -0.2) is 31.7 Å². The lowest BCUT2D eigenvalue weighted by molar-refractivity contribution is -0.124. The number of hydrogen-bond acceptors (Lipinski definition) is 3. The maximum Gasteiger partial charge on any atom is 0.239 e. The van der Waals surface area contributed by atoms with E-state index in [9.17, 15) is 4.79 Å². The summed E-state index contributed by atoms with van der Waals surface area (Å²) in [6.07, 6.45) is 0. The summed E-state index contributed by atoms with van der Waals surface area (Å²) in [4.78, 5) is 12.2. The van der Waals surface area contributed by atoms with Crippen molar-refractivity contribution >= 4 is 18.3 Å². The van der Waals surface area contributed by atoms with Gasteiger partial charge in [-0.05, 0) is 18.1 Å². The van der Waals surface area contributed by atoms with Gasteiger partial charge in [0.2, 0.25) is 5.91 Å². The van der Waals surface area contributed by atoms with Gasteiger partial charge in [-0.15, -0.1) is 12.4 Å². The largest absolute Gasteiger partial charge is 0.383 e. The lowest BCUT2D eigenvalue weighted by atomic mass is 9.85. The number of rotatable bonds is 7. The normalized spacial score (nSPS) is 13.0. The van der Waals surface area contributed by atoms with Crippen LogP contribution in [0.1, 0.15) is 24.0 Å². The van der Waals surface area contributed by atoms with Crippen molar-refractivity contribution in [3.05, 3.63) is 71.8 Å². The molecule has 0 fully saturated rings. The average Bonchev–Trinajstić information content (AvgIpc) is 2.57. The minimum Gasteiger partial charge on any atom is -0.383 e. The summed E-state index contributed by atoms with van der Waals surface area (Å²) in [5, 5.41) is 3.02. The SMILES string of the molecule is COCC(N)C(=O)NC(C)C(c1ccccc1)c1ccccc1.Cl. The zero-order valence-corrected chi connectivity index (χ0v) is 14.8. The van der Waals surface area contributed by atoms with E-state index in [1.54, 1.807) is 0 Å². The summed E-state index contributed by atoms with van der Waals surface area (Å²) >= 11 is 0. The highest BCUT2D eigenvalue weighted by atomic mass is 35.5. The molecule has 0 aliphatic carbocycles. The molecule has 0 aliphatic heterocycles. The van der Waals surface area contributed by atoms with Crippen LogP contribution < -0.4 is 11.1 Å². The van der Waals surface area contributed by atoms with E-state index < -0.39 is 6.04 Å². The first kappa shape index (κ1) is 20.2. The zero-order chi connectivity index (χ0) is 16.7. The molecule has 2 rings (SSSR count). The van der Waals surface area contributed by atoms with Crippen LogP contribution >= 0.6 is 12.4 Å². The molecule has 1 amide bonds. The Balaban J connectivity index is 0.00000288. The summed E-state index contributed by atoms with van der Waals surface area (Å²) in [6, 6.07) is 19.6. The summed E-state index contributed by atoms with van der Waals surface area (Å²) in [6.45, 7) is 2.21. The summed E-state index contributed by atoms with van der Waals surface area (Å²) in [7, 11) is 1.54. The molecule has 0 spiro atoms. The minimum atomic E-state index is -0.658. The molecular formula is C19H25ClN2O2. The highest BCUT2D eigenvalue weighted by Crippen LogP contribution is 2.27. The van der Waals surface area contributed by atoms with Crippen LogP contribution in [0, 0.1) is 0 Å². The number of carbonyl (C=O) groups excluding carboxylic acids is 1. The zero-order valence-electron chi connectivity index (χ0n) is 14.0. The number of halogens is 1. The van der Waals surface area contributed by atoms with Crippen molar-refractivity contribution in [1.82, 2.24) is 5.32 Å². The Morgan fingerprint density at radius 1 is 1.04 bits per heavy atom. The van der Waals surface area contributed by atoms with E-state index in [1.165, 1.54) is 7.11 Å². The molecule has 5 heteroatoms. The second-order valence-electron chi connectivity index (χ2n) is 5.66. The maximum atomic E-state index is 12.2. The predicted molar refractivity (Wildman–Crippen MR) is 99.4 cm³/mol. The number of amides is 1. The number of methoxy groups -OCH3 is 1. The van der Waals surface area contributed by atoms with Crippen LogP contribution in [0.4, 0.5) is 0 Å². The van der Waals surface area contributed by atoms with E-state index in [0.717, 1.165) is 11.1 Å². The van der Waals surface area contributed by atoms with E-state index in [1.807, 2.05) is 43.3 Å². The monoisotopic (exact) mass is 348 g/mol. The highest BCUT2D eigenvalue weighted by Gasteiger charge is 2.24. The van der Waals surface area contributed by atoms with E-state index in [2.05, 4.69) is 29.6 Å². The average molecular weight is 349 g/mol. The van der Waals surface area contributed by atoms with Gasteiger partial charge in [0.05, 0.1) is 6.61 Å². The topological polar surface area (TPSA) is 64.3 Å². The van der Waals surface area contributed by atoms with Gasteiger partial charge in [-0.25, -0.2) is 0 Å². The van der Waals surface area contributed by atoms with Crippen molar-refractivity contribution in [2.24, 2.45) is 5.73 Å². The van der Waals surface area contributed by atoms with Gasteiger partial charge in [0.15, 0.2) is 0 Å². The lowest BCUT2D eigenvalue weighted by Crippen LogP contribution is -2.48. The van der Waals surface area contributed by atoms with E-state index in [0.29, 0.717) is 0 Å². The molecule has 2 aromatic rings. The van der Waals surface area contributed by atoms with Crippen molar-refractivity contribution < 1.29 is 9.53 Å². The van der Waals surface area contributed by atoms with Gasteiger partial charge in [0.25, 0.3) is 0 Å². The molecule has 2 atom stereocenters. The Morgan fingerprint density at radius 3 is 1.92 bits per heavy atom. The summed E-state index contributed by atoms with van der Waals surface area (Å²) < 4.78 is 4.95. The fourth-order valence-corrected chi connectivity index (χ4v) is 2.76. The molecular weight excluding hydrogens is 324 g/mol. The first-order chi connectivity index (χ1) is 11.1. The Hall–Kier alpha value is -1.88. The van der Waals surface area contributed by atoms with Crippen LogP contribution in [0.15, 0.2) is 60.7 Å². The molecule has 0 saturated carbocycles. The third-order valence-electron chi connectivity index (χ3n) is 3.87. The molecule has 130 valence electrons. The second kappa shape index (κ2) is 10.1. The molecule has 0 aromatic heterocycles. The molecule has 0 radical (unpaired) electrons. The molecule has 3 N–H and O–H groups in total. The maximum absolute atomic E-state index is 12.2. The molecule has 2 unspecified atom stereocenters. The van der Waals surface area contributed by atoms with Gasteiger partial charge in [-0.3, -0.25) is 4.79 Å². The van der Waals surface area contributed by atoms with Gasteiger partial charge in [0.1, 0.15) is 6.04 Å². The van der Waals surface area contributed by atoms with E-state index >= 15 is 0 Å². The van der Waals surface area contributed by atoms with Crippen LogP contribution in [0.2, 0.25) is 0 Å². The highest BCUT2D eigenvalue weighted by molar-refractivity contribution is 5.85. The first-order valence-corrected chi connectivity index (χ1v) is 7.78. The summed E-state index contributed by atoms with van der Waals surface area (Å²) in [5.41, 5.74) is 8.13. The molecule has 0 aliphatic rings. The van der Waals surface area contributed by atoms with Crippen LogP contribution in [0.25, 0.3) is 0 Å². The molecule has 0 saturated heterocycles. The van der Waals surface area contributed by atoms with E-state index in [-0.39, 0.29) is 36.9 Å². The van der Waals surface area contributed by atoms with E-state index in [4.69, 9.17) is 10.5 Å². The van der Waals surface area contributed by atoms with Crippen molar-refractivity contribution in [3.63, 3.8) is 0 Å². The number of nitrogens with one attached hydrogen (secondary N) is 1.